The van der Waals surface area contributed by atoms with E-state index in [1.807, 2.05) is 0 Å². The molecule has 1 fully saturated rings. The molecule has 0 amide bonds. The van der Waals surface area contributed by atoms with Gasteiger partial charge in [-0.2, -0.15) is 0 Å². The number of anilines is 1. The normalized spacial score (nSPS) is 14.6. The second-order valence-corrected chi connectivity index (χ2v) is 4.63. The van der Waals surface area contributed by atoms with Gasteiger partial charge in [0.25, 0.3) is 0 Å². The third kappa shape index (κ3) is 2.27. The molecule has 2 heteroatoms. The van der Waals surface area contributed by atoms with Gasteiger partial charge < -0.3 is 10.2 Å². The number of nitrogens with one attached hydrogen (secondary N) is 1. The van der Waals surface area contributed by atoms with Crippen molar-refractivity contribution in [3.05, 3.63) is 41.0 Å². The van der Waals surface area contributed by atoms with Crippen molar-refractivity contribution in [3.63, 3.8) is 0 Å². The van der Waals surface area contributed by atoms with Crippen LogP contribution in [0.4, 0.5) is 5.69 Å². The van der Waals surface area contributed by atoms with Crippen LogP contribution in [0, 0.1) is 6.92 Å². The zero-order valence-electron chi connectivity index (χ0n) is 10.4. The molecule has 1 N–H and O–H groups in total. The van der Waals surface area contributed by atoms with E-state index in [0.29, 0.717) is 0 Å². The molecule has 1 saturated heterocycles. The van der Waals surface area contributed by atoms with Crippen molar-refractivity contribution in [2.75, 3.05) is 31.6 Å². The van der Waals surface area contributed by atoms with Crippen molar-refractivity contribution in [2.24, 2.45) is 0 Å². The minimum atomic E-state index is 1.03. The predicted molar refractivity (Wildman–Crippen MR) is 70.0 cm³/mol. The van der Waals surface area contributed by atoms with E-state index in [1.54, 1.807) is 5.57 Å². The van der Waals surface area contributed by atoms with Crippen LogP contribution in [0.3, 0.4) is 0 Å². The molecule has 0 aromatic heterocycles. The Bertz CT molecular complexity index is 401. The topological polar surface area (TPSA) is 15.3 Å². The number of para-hydroxylation sites is 1. The van der Waals surface area contributed by atoms with Crippen LogP contribution in [0.2, 0.25) is 0 Å². The van der Waals surface area contributed by atoms with Crippen molar-refractivity contribution in [3.8, 4) is 0 Å². The average molecular weight is 216 g/mol. The Hall–Kier alpha value is -1.28. The number of benzene rings is 1. The summed E-state index contributed by atoms with van der Waals surface area (Å²) in [5.74, 6) is 0. The number of hydrogen-bond acceptors (Lipinski definition) is 2. The summed E-state index contributed by atoms with van der Waals surface area (Å²) in [5.41, 5.74) is 5.74. The molecule has 1 aliphatic rings. The van der Waals surface area contributed by atoms with Crippen LogP contribution < -0.4 is 10.2 Å². The third-order valence-electron chi connectivity index (χ3n) is 3.28. The highest BCUT2D eigenvalue weighted by Gasteiger charge is 2.12. The molecule has 16 heavy (non-hydrogen) atoms. The van der Waals surface area contributed by atoms with Crippen molar-refractivity contribution in [1.82, 2.24) is 5.32 Å². The lowest BCUT2D eigenvalue weighted by molar-refractivity contribution is 0.653. The van der Waals surface area contributed by atoms with Crippen LogP contribution in [0.5, 0.6) is 0 Å². The molecule has 0 aliphatic carbocycles. The van der Waals surface area contributed by atoms with Crippen molar-refractivity contribution in [1.29, 1.82) is 0 Å². The molecule has 0 unspecified atom stereocenters. The summed E-state index contributed by atoms with van der Waals surface area (Å²) in [6.07, 6.45) is 0. The second-order valence-electron chi connectivity index (χ2n) is 4.63. The van der Waals surface area contributed by atoms with Gasteiger partial charge in [-0.1, -0.05) is 23.8 Å². The van der Waals surface area contributed by atoms with E-state index in [4.69, 9.17) is 0 Å². The summed E-state index contributed by atoms with van der Waals surface area (Å²) >= 11 is 0. The van der Waals surface area contributed by atoms with Gasteiger partial charge in [-0.05, 0) is 31.1 Å². The van der Waals surface area contributed by atoms with Gasteiger partial charge in [0.15, 0.2) is 0 Å². The second kappa shape index (κ2) is 4.71. The number of hydrogen-bond donors (Lipinski definition) is 1. The number of aryl methyl sites for hydroxylation is 1. The minimum Gasteiger partial charge on any atom is -0.370 e. The van der Waals surface area contributed by atoms with Gasteiger partial charge in [0.2, 0.25) is 0 Å². The SMILES string of the molecule is CC(CN(C)c1ccccc1C)=C1CNC1. The molecule has 0 saturated carbocycles. The highest BCUT2D eigenvalue weighted by atomic mass is 15.1. The van der Waals surface area contributed by atoms with Gasteiger partial charge in [0, 0.05) is 32.4 Å². The van der Waals surface area contributed by atoms with Crippen LogP contribution in [-0.2, 0) is 0 Å². The summed E-state index contributed by atoms with van der Waals surface area (Å²) in [4.78, 5) is 2.33. The average Bonchev–Trinajstić information content (AvgIpc) is 2.15. The highest BCUT2D eigenvalue weighted by molar-refractivity contribution is 5.53. The largest absolute Gasteiger partial charge is 0.370 e. The van der Waals surface area contributed by atoms with E-state index in [1.165, 1.54) is 16.8 Å². The smallest absolute Gasteiger partial charge is 0.0396 e. The maximum absolute atomic E-state index is 3.29. The van der Waals surface area contributed by atoms with E-state index in [-0.39, 0.29) is 0 Å². The van der Waals surface area contributed by atoms with E-state index < -0.39 is 0 Å². The van der Waals surface area contributed by atoms with E-state index >= 15 is 0 Å². The first-order chi connectivity index (χ1) is 7.68. The lowest BCUT2D eigenvalue weighted by atomic mass is 10.0. The zero-order chi connectivity index (χ0) is 11.5. The molecule has 0 bridgehead atoms. The Morgan fingerprint density at radius 3 is 2.56 bits per heavy atom. The zero-order valence-corrected chi connectivity index (χ0v) is 10.4. The molecule has 2 nitrogen and oxygen atoms in total. The highest BCUT2D eigenvalue weighted by Crippen LogP contribution is 2.20. The first kappa shape index (κ1) is 11.2. The van der Waals surface area contributed by atoms with Crippen LogP contribution in [-0.4, -0.2) is 26.7 Å². The minimum absolute atomic E-state index is 1.03. The number of nitrogens with zero attached hydrogens (tertiary/aromatic N) is 1. The molecule has 86 valence electrons. The first-order valence-corrected chi connectivity index (χ1v) is 5.83. The van der Waals surface area contributed by atoms with Gasteiger partial charge in [-0.25, -0.2) is 0 Å². The maximum atomic E-state index is 3.29. The quantitative estimate of drug-likeness (QED) is 0.780. The van der Waals surface area contributed by atoms with Gasteiger partial charge in [0.05, 0.1) is 0 Å². The molecule has 0 radical (unpaired) electrons. The number of rotatable bonds is 3. The fourth-order valence-electron chi connectivity index (χ4n) is 2.10. The third-order valence-corrected chi connectivity index (χ3v) is 3.28. The summed E-state index contributed by atoms with van der Waals surface area (Å²) in [6.45, 7) is 7.59. The van der Waals surface area contributed by atoms with Crippen molar-refractivity contribution < 1.29 is 0 Å². The molecule has 0 spiro atoms. The summed E-state index contributed by atoms with van der Waals surface area (Å²) < 4.78 is 0. The number of likely N-dealkylation sites (N-methyl/N-ethyl adjacent to an activating group) is 1. The fraction of sp³-hybridized carbons (Fsp3) is 0.429. The van der Waals surface area contributed by atoms with Crippen LogP contribution >= 0.6 is 0 Å². The first-order valence-electron chi connectivity index (χ1n) is 5.83. The lowest BCUT2D eigenvalue weighted by Gasteiger charge is -2.27. The molecular formula is C14H20N2. The van der Waals surface area contributed by atoms with E-state index in [9.17, 15) is 0 Å². The monoisotopic (exact) mass is 216 g/mol. The summed E-state index contributed by atoms with van der Waals surface area (Å²) in [5, 5.41) is 3.29. The lowest BCUT2D eigenvalue weighted by Crippen LogP contribution is -2.36. The Balaban J connectivity index is 2.08. The Labute approximate surface area is 98.0 Å². The molecule has 0 atom stereocenters. The molecule has 2 rings (SSSR count). The predicted octanol–water partition coefficient (Wildman–Crippen LogP) is 2.35. The fourth-order valence-corrected chi connectivity index (χ4v) is 2.10. The molecule has 1 aromatic carbocycles. The molecular weight excluding hydrogens is 196 g/mol. The Morgan fingerprint density at radius 2 is 2.00 bits per heavy atom. The van der Waals surface area contributed by atoms with Crippen LogP contribution in [0.25, 0.3) is 0 Å². The van der Waals surface area contributed by atoms with E-state index in [0.717, 1.165) is 19.6 Å². The molecule has 1 heterocycles. The van der Waals surface area contributed by atoms with Crippen molar-refractivity contribution in [2.45, 2.75) is 13.8 Å². The Kier molecular flexibility index (Phi) is 3.30. The van der Waals surface area contributed by atoms with Crippen LogP contribution in [0.15, 0.2) is 35.4 Å². The van der Waals surface area contributed by atoms with Gasteiger partial charge in [-0.15, -0.1) is 0 Å². The molecule has 1 aliphatic heterocycles. The molecule has 1 aromatic rings. The standard InChI is InChI=1S/C14H20N2/c1-11-6-4-5-7-14(11)16(3)10-12(2)13-8-15-9-13/h4-7,15H,8-10H2,1-3H3. The van der Waals surface area contributed by atoms with E-state index in [2.05, 4.69) is 55.4 Å². The summed E-state index contributed by atoms with van der Waals surface area (Å²) in [7, 11) is 2.17. The van der Waals surface area contributed by atoms with Crippen LogP contribution in [0.1, 0.15) is 12.5 Å². The van der Waals surface area contributed by atoms with Crippen molar-refractivity contribution >= 4 is 5.69 Å². The van der Waals surface area contributed by atoms with Gasteiger partial charge in [0.1, 0.15) is 0 Å². The van der Waals surface area contributed by atoms with Gasteiger partial charge in [-0.3, -0.25) is 0 Å². The van der Waals surface area contributed by atoms with Gasteiger partial charge >= 0.3 is 0 Å². The maximum Gasteiger partial charge on any atom is 0.0396 e. The summed E-state index contributed by atoms with van der Waals surface area (Å²) in [6, 6.07) is 8.55. The Morgan fingerprint density at radius 1 is 1.31 bits per heavy atom.